The summed E-state index contributed by atoms with van der Waals surface area (Å²) in [6, 6.07) is 0. The van der Waals surface area contributed by atoms with Crippen molar-refractivity contribution in [1.29, 1.82) is 0 Å². The molecule has 0 saturated carbocycles. The molecule has 72 valence electrons. The highest BCUT2D eigenvalue weighted by molar-refractivity contribution is 5.79. The molecule has 0 aliphatic heterocycles. The molecule has 0 aromatic rings. The third-order valence-corrected chi connectivity index (χ3v) is 1.52. The van der Waals surface area contributed by atoms with Crippen LogP contribution in [0.15, 0.2) is 0 Å². The second-order valence-corrected chi connectivity index (χ2v) is 2.74. The van der Waals surface area contributed by atoms with Gasteiger partial charge in [-0.15, -0.1) is 0 Å². The van der Waals surface area contributed by atoms with Crippen LogP contribution < -0.4 is 0 Å². The van der Waals surface area contributed by atoms with Crippen molar-refractivity contribution < 1.29 is 14.3 Å². The Morgan fingerprint density at radius 3 is 2.50 bits per heavy atom. The molecule has 1 unspecified atom stereocenters. The molecule has 3 heteroatoms. The normalized spacial score (nSPS) is 12.9. The maximum Gasteiger partial charge on any atom is 0.158 e. The largest absolute Gasteiger partial charge is 0.379 e. The van der Waals surface area contributed by atoms with E-state index in [9.17, 15) is 4.79 Å². The summed E-state index contributed by atoms with van der Waals surface area (Å²) in [6.45, 7) is 7.17. The third-order valence-electron chi connectivity index (χ3n) is 1.52. The molecule has 0 saturated heterocycles. The van der Waals surface area contributed by atoms with E-state index in [0.717, 1.165) is 13.0 Å². The van der Waals surface area contributed by atoms with Gasteiger partial charge in [-0.2, -0.15) is 0 Å². The number of carbonyl (C=O) groups is 1. The van der Waals surface area contributed by atoms with E-state index < -0.39 is 0 Å². The lowest BCUT2D eigenvalue weighted by Crippen LogP contribution is -2.20. The van der Waals surface area contributed by atoms with Gasteiger partial charge in [-0.3, -0.25) is 4.79 Å². The standard InChI is InChI=1S/C9H18O3/c1-4-5-11-6-7-12-9(3)8(2)10/h9H,4-7H2,1-3H3. The lowest BCUT2D eigenvalue weighted by molar-refractivity contribution is -0.128. The van der Waals surface area contributed by atoms with Gasteiger partial charge < -0.3 is 9.47 Å². The zero-order valence-electron chi connectivity index (χ0n) is 8.13. The molecule has 0 aliphatic rings. The topological polar surface area (TPSA) is 35.5 Å². The number of hydrogen-bond acceptors (Lipinski definition) is 3. The van der Waals surface area contributed by atoms with Crippen LogP contribution in [0.3, 0.4) is 0 Å². The van der Waals surface area contributed by atoms with E-state index in [4.69, 9.17) is 9.47 Å². The molecule has 0 heterocycles. The van der Waals surface area contributed by atoms with Crippen LogP contribution in [0.4, 0.5) is 0 Å². The highest BCUT2D eigenvalue weighted by Crippen LogP contribution is 1.91. The van der Waals surface area contributed by atoms with Crippen LogP contribution >= 0.6 is 0 Å². The van der Waals surface area contributed by atoms with Gasteiger partial charge in [0, 0.05) is 6.61 Å². The summed E-state index contributed by atoms with van der Waals surface area (Å²) in [4.78, 5) is 10.7. The Morgan fingerprint density at radius 1 is 1.33 bits per heavy atom. The zero-order valence-corrected chi connectivity index (χ0v) is 8.13. The van der Waals surface area contributed by atoms with Gasteiger partial charge in [-0.05, 0) is 20.3 Å². The van der Waals surface area contributed by atoms with Crippen molar-refractivity contribution in [2.45, 2.75) is 33.3 Å². The van der Waals surface area contributed by atoms with Crippen molar-refractivity contribution in [3.8, 4) is 0 Å². The van der Waals surface area contributed by atoms with E-state index in [-0.39, 0.29) is 11.9 Å². The molecule has 0 radical (unpaired) electrons. The Morgan fingerprint density at radius 2 is 2.00 bits per heavy atom. The number of ketones is 1. The van der Waals surface area contributed by atoms with E-state index >= 15 is 0 Å². The van der Waals surface area contributed by atoms with Crippen LogP contribution in [-0.4, -0.2) is 31.7 Å². The number of carbonyl (C=O) groups excluding carboxylic acids is 1. The lowest BCUT2D eigenvalue weighted by atomic mass is 10.3. The average molecular weight is 174 g/mol. The first-order chi connectivity index (χ1) is 5.68. The van der Waals surface area contributed by atoms with Gasteiger partial charge >= 0.3 is 0 Å². The van der Waals surface area contributed by atoms with Gasteiger partial charge in [0.1, 0.15) is 6.10 Å². The molecule has 0 aromatic carbocycles. The summed E-state index contributed by atoms with van der Waals surface area (Å²) in [5.74, 6) is 0.0606. The van der Waals surface area contributed by atoms with Gasteiger partial charge in [-0.25, -0.2) is 0 Å². The first-order valence-corrected chi connectivity index (χ1v) is 4.38. The van der Waals surface area contributed by atoms with E-state index in [1.54, 1.807) is 6.92 Å². The molecule has 0 fully saturated rings. The highest BCUT2D eigenvalue weighted by Gasteiger charge is 2.05. The van der Waals surface area contributed by atoms with Gasteiger partial charge in [0.15, 0.2) is 5.78 Å². The van der Waals surface area contributed by atoms with Crippen molar-refractivity contribution in [1.82, 2.24) is 0 Å². The monoisotopic (exact) mass is 174 g/mol. The zero-order chi connectivity index (χ0) is 9.40. The molecular formula is C9H18O3. The van der Waals surface area contributed by atoms with E-state index in [1.165, 1.54) is 6.92 Å². The minimum Gasteiger partial charge on any atom is -0.379 e. The Hall–Kier alpha value is -0.410. The number of Topliss-reactive ketones (excluding diaryl/α,β-unsaturated/α-hetero) is 1. The first kappa shape index (κ1) is 11.6. The molecule has 0 N–H and O–H groups in total. The molecule has 0 spiro atoms. The summed E-state index contributed by atoms with van der Waals surface area (Å²) in [5.41, 5.74) is 0. The van der Waals surface area contributed by atoms with Gasteiger partial charge in [-0.1, -0.05) is 6.92 Å². The third kappa shape index (κ3) is 6.31. The Bertz CT molecular complexity index is 123. The number of ether oxygens (including phenoxy) is 2. The molecule has 3 nitrogen and oxygen atoms in total. The maximum atomic E-state index is 10.7. The summed E-state index contributed by atoms with van der Waals surface area (Å²) in [5, 5.41) is 0. The van der Waals surface area contributed by atoms with Crippen molar-refractivity contribution in [2.75, 3.05) is 19.8 Å². The SMILES string of the molecule is CCCOCCOC(C)C(C)=O. The molecular weight excluding hydrogens is 156 g/mol. The second kappa shape index (κ2) is 7.25. The molecule has 12 heavy (non-hydrogen) atoms. The van der Waals surface area contributed by atoms with Gasteiger partial charge in [0.25, 0.3) is 0 Å². The first-order valence-electron chi connectivity index (χ1n) is 4.38. The van der Waals surface area contributed by atoms with Gasteiger partial charge in [0.2, 0.25) is 0 Å². The second-order valence-electron chi connectivity index (χ2n) is 2.74. The molecule has 1 atom stereocenters. The van der Waals surface area contributed by atoms with Crippen molar-refractivity contribution >= 4 is 5.78 Å². The van der Waals surface area contributed by atoms with Gasteiger partial charge in [0.05, 0.1) is 13.2 Å². The highest BCUT2D eigenvalue weighted by atomic mass is 16.5. The van der Waals surface area contributed by atoms with Crippen LogP contribution in [0.5, 0.6) is 0 Å². The Balaban J connectivity index is 3.14. The van der Waals surface area contributed by atoms with Crippen LogP contribution in [0.2, 0.25) is 0 Å². The quantitative estimate of drug-likeness (QED) is 0.547. The fourth-order valence-electron chi connectivity index (χ4n) is 0.648. The van der Waals surface area contributed by atoms with Crippen molar-refractivity contribution in [3.05, 3.63) is 0 Å². The van der Waals surface area contributed by atoms with Crippen molar-refractivity contribution in [2.24, 2.45) is 0 Å². The van der Waals surface area contributed by atoms with E-state index in [2.05, 4.69) is 6.92 Å². The minimum absolute atomic E-state index is 0.0606. The van der Waals surface area contributed by atoms with E-state index in [0.29, 0.717) is 13.2 Å². The van der Waals surface area contributed by atoms with Crippen LogP contribution in [-0.2, 0) is 14.3 Å². The van der Waals surface area contributed by atoms with Crippen LogP contribution in [0.25, 0.3) is 0 Å². The average Bonchev–Trinajstić information content (AvgIpc) is 2.03. The maximum absolute atomic E-state index is 10.7. The Kier molecular flexibility index (Phi) is 7.00. The minimum atomic E-state index is -0.296. The predicted octanol–water partition coefficient (Wildman–Crippen LogP) is 1.41. The fraction of sp³-hybridized carbons (Fsp3) is 0.889. The summed E-state index contributed by atoms with van der Waals surface area (Å²) < 4.78 is 10.4. The summed E-state index contributed by atoms with van der Waals surface area (Å²) in [7, 11) is 0. The fourth-order valence-corrected chi connectivity index (χ4v) is 0.648. The van der Waals surface area contributed by atoms with Crippen LogP contribution in [0, 0.1) is 0 Å². The molecule has 0 aromatic heterocycles. The van der Waals surface area contributed by atoms with Crippen LogP contribution in [0.1, 0.15) is 27.2 Å². The number of hydrogen-bond donors (Lipinski definition) is 0. The smallest absolute Gasteiger partial charge is 0.158 e. The van der Waals surface area contributed by atoms with E-state index in [1.807, 2.05) is 0 Å². The van der Waals surface area contributed by atoms with Crippen molar-refractivity contribution in [3.63, 3.8) is 0 Å². The molecule has 0 aliphatic carbocycles. The molecule has 0 amide bonds. The summed E-state index contributed by atoms with van der Waals surface area (Å²) in [6.07, 6.45) is 0.720. The lowest BCUT2D eigenvalue weighted by Gasteiger charge is -2.09. The molecule has 0 bridgehead atoms. The summed E-state index contributed by atoms with van der Waals surface area (Å²) >= 11 is 0. The number of rotatable bonds is 7. The Labute approximate surface area is 74.0 Å². The molecule has 0 rings (SSSR count). The predicted molar refractivity (Wildman–Crippen MR) is 47.2 cm³/mol.